The van der Waals surface area contributed by atoms with Gasteiger partial charge in [0.25, 0.3) is 0 Å². The van der Waals surface area contributed by atoms with E-state index >= 15 is 0 Å². The topological polar surface area (TPSA) is 87.7 Å². The molecule has 2 saturated carbocycles. The van der Waals surface area contributed by atoms with Crippen molar-refractivity contribution < 1.29 is 19.4 Å². The van der Waals surface area contributed by atoms with Gasteiger partial charge < -0.3 is 20.5 Å². The van der Waals surface area contributed by atoms with Gasteiger partial charge in [0.15, 0.2) is 0 Å². The minimum Gasteiger partial charge on any atom is -0.497 e. The van der Waals surface area contributed by atoms with Crippen LogP contribution < -0.4 is 15.4 Å². The third-order valence-corrected chi connectivity index (χ3v) is 9.12. The summed E-state index contributed by atoms with van der Waals surface area (Å²) in [5, 5.41) is 18.0. The Hall–Kier alpha value is -2.86. The highest BCUT2D eigenvalue weighted by Crippen LogP contribution is 2.55. The molecule has 37 heavy (non-hydrogen) atoms. The van der Waals surface area contributed by atoms with Crippen molar-refractivity contribution in [2.24, 2.45) is 29.1 Å². The molecule has 6 heteroatoms. The van der Waals surface area contributed by atoms with E-state index in [0.717, 1.165) is 42.6 Å². The van der Waals surface area contributed by atoms with Gasteiger partial charge in [0.2, 0.25) is 11.8 Å². The smallest absolute Gasteiger partial charge is 0.224 e. The monoisotopic (exact) mass is 506 g/mol. The molecule has 7 atom stereocenters. The summed E-state index contributed by atoms with van der Waals surface area (Å²) in [6.45, 7) is 6.83. The molecular formula is C31H42N2O4. The molecule has 0 bridgehead atoms. The maximum atomic E-state index is 13.1. The van der Waals surface area contributed by atoms with Crippen LogP contribution in [0.4, 0.5) is 0 Å². The molecule has 6 nitrogen and oxygen atoms in total. The lowest BCUT2D eigenvalue weighted by molar-refractivity contribution is -0.143. The van der Waals surface area contributed by atoms with E-state index in [1.54, 1.807) is 7.11 Å². The lowest BCUT2D eigenvalue weighted by Gasteiger charge is -2.56. The molecule has 7 unspecified atom stereocenters. The van der Waals surface area contributed by atoms with Gasteiger partial charge in [-0.1, -0.05) is 63.2 Å². The second-order valence-electron chi connectivity index (χ2n) is 11.5. The predicted octanol–water partition coefficient (Wildman–Crippen LogP) is 4.50. The molecule has 2 aromatic rings. The molecule has 0 radical (unpaired) electrons. The van der Waals surface area contributed by atoms with Crippen LogP contribution >= 0.6 is 0 Å². The van der Waals surface area contributed by atoms with E-state index in [9.17, 15) is 14.7 Å². The Labute approximate surface area is 221 Å². The molecule has 3 N–H and O–H groups in total. The first-order valence-electron chi connectivity index (χ1n) is 13.6. The van der Waals surface area contributed by atoms with Crippen molar-refractivity contribution >= 4 is 11.8 Å². The SMILES string of the molecule is COc1ccc(CNC(=O)C(C)C2CCC3(C)CCC(NC(=O)Cc4ccccc4)C(C)C3C2O)cc1. The number of aliphatic hydroxyl groups is 1. The molecule has 0 aromatic heterocycles. The average Bonchev–Trinajstić information content (AvgIpc) is 2.89. The van der Waals surface area contributed by atoms with Crippen molar-refractivity contribution in [3.05, 3.63) is 65.7 Å². The fourth-order valence-corrected chi connectivity index (χ4v) is 6.82. The third kappa shape index (κ3) is 6.18. The van der Waals surface area contributed by atoms with Crippen LogP contribution in [0.25, 0.3) is 0 Å². The van der Waals surface area contributed by atoms with E-state index in [0.29, 0.717) is 13.0 Å². The fraction of sp³-hybridized carbons (Fsp3) is 0.548. The number of rotatable bonds is 8. The summed E-state index contributed by atoms with van der Waals surface area (Å²) in [5.74, 6) is 0.560. The van der Waals surface area contributed by atoms with Gasteiger partial charge in [-0.05, 0) is 72.1 Å². The number of carbonyl (C=O) groups is 2. The molecule has 200 valence electrons. The molecule has 4 rings (SSSR count). The lowest BCUT2D eigenvalue weighted by Crippen LogP contribution is -2.58. The zero-order chi connectivity index (χ0) is 26.6. The number of hydrogen-bond acceptors (Lipinski definition) is 4. The molecule has 0 aliphatic heterocycles. The van der Waals surface area contributed by atoms with Crippen molar-refractivity contribution in [1.82, 2.24) is 10.6 Å². The fourth-order valence-electron chi connectivity index (χ4n) is 6.82. The van der Waals surface area contributed by atoms with Crippen molar-refractivity contribution in [3.63, 3.8) is 0 Å². The highest BCUT2D eigenvalue weighted by molar-refractivity contribution is 5.79. The van der Waals surface area contributed by atoms with Crippen LogP contribution in [0.3, 0.4) is 0 Å². The first-order valence-corrected chi connectivity index (χ1v) is 13.6. The molecule has 0 heterocycles. The molecule has 2 aliphatic carbocycles. The first-order chi connectivity index (χ1) is 17.7. The summed E-state index contributed by atoms with van der Waals surface area (Å²) >= 11 is 0. The molecule has 2 fully saturated rings. The molecule has 0 saturated heterocycles. The van der Waals surface area contributed by atoms with E-state index in [1.807, 2.05) is 61.5 Å². The Bertz CT molecular complexity index is 1060. The van der Waals surface area contributed by atoms with Crippen LogP contribution in [-0.4, -0.2) is 36.2 Å². The molecule has 0 spiro atoms. The standard InChI is InChI=1S/C31H42N2O4/c1-20(30(36)32-19-23-10-12-24(37-4)13-11-23)25-14-16-31(3)17-15-26(21(2)28(31)29(25)35)33-27(34)18-22-8-6-5-7-9-22/h5-13,20-21,25-26,28-29,35H,14-19H2,1-4H3,(H,32,36)(H,33,34). The zero-order valence-electron chi connectivity index (χ0n) is 22.6. The number of methoxy groups -OCH3 is 1. The van der Waals surface area contributed by atoms with E-state index in [2.05, 4.69) is 24.5 Å². The van der Waals surface area contributed by atoms with Crippen LogP contribution in [-0.2, 0) is 22.6 Å². The normalized spacial score (nSPS) is 30.0. The first kappa shape index (κ1) is 27.2. The number of nitrogens with one attached hydrogen (secondary N) is 2. The van der Waals surface area contributed by atoms with Crippen molar-refractivity contribution in [1.29, 1.82) is 0 Å². The van der Waals surface area contributed by atoms with Gasteiger partial charge >= 0.3 is 0 Å². The van der Waals surface area contributed by atoms with E-state index in [4.69, 9.17) is 4.74 Å². The number of fused-ring (bicyclic) bond motifs is 1. The van der Waals surface area contributed by atoms with Gasteiger partial charge in [-0.25, -0.2) is 0 Å². The summed E-state index contributed by atoms with van der Waals surface area (Å²) in [6.07, 6.45) is 3.50. The largest absolute Gasteiger partial charge is 0.497 e. The van der Waals surface area contributed by atoms with E-state index < -0.39 is 6.10 Å². The Kier molecular flexibility index (Phi) is 8.58. The minimum absolute atomic E-state index is 0.0231. The van der Waals surface area contributed by atoms with E-state index in [1.165, 1.54) is 0 Å². The Morgan fingerprint density at radius 2 is 1.73 bits per heavy atom. The van der Waals surface area contributed by atoms with E-state index in [-0.39, 0.29) is 46.9 Å². The number of amides is 2. The zero-order valence-corrected chi connectivity index (χ0v) is 22.6. The molecular weight excluding hydrogens is 464 g/mol. The summed E-state index contributed by atoms with van der Waals surface area (Å²) < 4.78 is 5.20. The van der Waals surface area contributed by atoms with Crippen LogP contribution in [0.5, 0.6) is 5.75 Å². The van der Waals surface area contributed by atoms with Crippen molar-refractivity contribution in [2.75, 3.05) is 7.11 Å². The highest BCUT2D eigenvalue weighted by atomic mass is 16.5. The summed E-state index contributed by atoms with van der Waals surface area (Å²) in [7, 11) is 1.63. The average molecular weight is 507 g/mol. The predicted molar refractivity (Wildman–Crippen MR) is 145 cm³/mol. The second kappa shape index (κ2) is 11.7. The van der Waals surface area contributed by atoms with Crippen LogP contribution in [0.15, 0.2) is 54.6 Å². The molecule has 2 amide bonds. The maximum Gasteiger partial charge on any atom is 0.224 e. The Morgan fingerprint density at radius 1 is 1.05 bits per heavy atom. The van der Waals surface area contributed by atoms with Crippen LogP contribution in [0, 0.1) is 29.1 Å². The number of ether oxygens (including phenoxy) is 1. The number of carbonyl (C=O) groups excluding carboxylic acids is 2. The van der Waals surface area contributed by atoms with Gasteiger partial charge in [-0.3, -0.25) is 9.59 Å². The van der Waals surface area contributed by atoms with Crippen molar-refractivity contribution in [3.8, 4) is 5.75 Å². The summed E-state index contributed by atoms with van der Waals surface area (Å²) in [6, 6.07) is 17.5. The number of hydrogen-bond donors (Lipinski definition) is 3. The van der Waals surface area contributed by atoms with Crippen molar-refractivity contribution in [2.45, 2.75) is 71.6 Å². The maximum absolute atomic E-state index is 13.1. The van der Waals surface area contributed by atoms with Gasteiger partial charge in [-0.15, -0.1) is 0 Å². The van der Waals surface area contributed by atoms with Gasteiger partial charge in [0.05, 0.1) is 19.6 Å². The highest BCUT2D eigenvalue weighted by Gasteiger charge is 2.53. The number of benzene rings is 2. The van der Waals surface area contributed by atoms with Crippen LogP contribution in [0.1, 0.15) is 57.6 Å². The molecule has 2 aliphatic rings. The minimum atomic E-state index is -0.579. The van der Waals surface area contributed by atoms with Gasteiger partial charge in [0, 0.05) is 18.5 Å². The summed E-state index contributed by atoms with van der Waals surface area (Å²) in [4.78, 5) is 25.9. The summed E-state index contributed by atoms with van der Waals surface area (Å²) in [5.41, 5.74) is 2.03. The van der Waals surface area contributed by atoms with Gasteiger partial charge in [-0.2, -0.15) is 0 Å². The quantitative estimate of drug-likeness (QED) is 0.492. The van der Waals surface area contributed by atoms with Gasteiger partial charge in [0.1, 0.15) is 5.75 Å². The second-order valence-corrected chi connectivity index (χ2v) is 11.5. The Balaban J connectivity index is 1.37. The Morgan fingerprint density at radius 3 is 2.41 bits per heavy atom. The number of aliphatic hydroxyl groups excluding tert-OH is 1. The third-order valence-electron chi connectivity index (χ3n) is 9.12. The molecule has 2 aromatic carbocycles. The van der Waals surface area contributed by atoms with Crippen LogP contribution in [0.2, 0.25) is 0 Å². The lowest BCUT2D eigenvalue weighted by atomic mass is 9.51.